The first-order valence-electron chi connectivity index (χ1n) is 7.67. The number of thiazole rings is 1. The maximum Gasteiger partial charge on any atom is 0.224 e. The van der Waals surface area contributed by atoms with Gasteiger partial charge in [-0.3, -0.25) is 4.79 Å². The highest BCUT2D eigenvalue weighted by Gasteiger charge is 2.39. The lowest BCUT2D eigenvalue weighted by Gasteiger charge is -2.28. The minimum atomic E-state index is -0.252. The van der Waals surface area contributed by atoms with Crippen LogP contribution in [-0.2, 0) is 10.3 Å². The second kappa shape index (κ2) is 6.92. The zero-order valence-electron chi connectivity index (χ0n) is 12.5. The topological polar surface area (TPSA) is 51.2 Å². The lowest BCUT2D eigenvalue weighted by molar-refractivity contribution is -0.123. The van der Waals surface area contributed by atoms with Gasteiger partial charge in [-0.25, -0.2) is 4.98 Å². The summed E-state index contributed by atoms with van der Waals surface area (Å²) >= 11 is 1.62. The first-order chi connectivity index (χ1) is 10.8. The molecule has 116 valence electrons. The Balaban J connectivity index is 1.54. The molecule has 0 aliphatic heterocycles. The van der Waals surface area contributed by atoms with E-state index < -0.39 is 0 Å². The van der Waals surface area contributed by atoms with Crippen molar-refractivity contribution in [1.29, 1.82) is 0 Å². The normalized spacial score (nSPS) is 16.4. The fraction of sp³-hybridized carbons (Fsp3) is 0.412. The molecule has 1 aliphatic rings. The summed E-state index contributed by atoms with van der Waals surface area (Å²) in [5.41, 5.74) is -0.252. The summed E-state index contributed by atoms with van der Waals surface area (Å²) in [6.45, 7) is 0.393. The fourth-order valence-electron chi connectivity index (χ4n) is 2.94. The second-order valence-corrected chi connectivity index (χ2v) is 6.48. The molecule has 1 saturated carbocycles. The summed E-state index contributed by atoms with van der Waals surface area (Å²) in [6, 6.07) is 9.58. The van der Waals surface area contributed by atoms with Gasteiger partial charge in [-0.2, -0.15) is 0 Å². The van der Waals surface area contributed by atoms with Crippen LogP contribution in [0.3, 0.4) is 0 Å². The lowest BCUT2D eigenvalue weighted by Crippen LogP contribution is -2.44. The van der Waals surface area contributed by atoms with E-state index in [1.807, 2.05) is 41.9 Å². The number of ether oxygens (including phenoxy) is 1. The summed E-state index contributed by atoms with van der Waals surface area (Å²) in [6.07, 6.45) is 6.41. The Labute approximate surface area is 134 Å². The van der Waals surface area contributed by atoms with Crippen molar-refractivity contribution in [3.05, 3.63) is 46.9 Å². The van der Waals surface area contributed by atoms with Crippen molar-refractivity contribution in [2.24, 2.45) is 0 Å². The van der Waals surface area contributed by atoms with E-state index >= 15 is 0 Å². The summed E-state index contributed by atoms with van der Waals surface area (Å²) in [5, 5.41) is 6.21. The molecule has 1 fully saturated rings. The van der Waals surface area contributed by atoms with Gasteiger partial charge in [0.15, 0.2) is 0 Å². The van der Waals surface area contributed by atoms with E-state index in [4.69, 9.17) is 4.74 Å². The van der Waals surface area contributed by atoms with Crippen LogP contribution in [0, 0.1) is 0 Å². The molecule has 4 nitrogen and oxygen atoms in total. The molecule has 0 unspecified atom stereocenters. The van der Waals surface area contributed by atoms with Crippen LogP contribution in [0.1, 0.15) is 37.1 Å². The molecule has 1 aliphatic carbocycles. The van der Waals surface area contributed by atoms with E-state index in [0.29, 0.717) is 13.0 Å². The first kappa shape index (κ1) is 15.0. The third-order valence-corrected chi connectivity index (χ3v) is 5.00. The van der Waals surface area contributed by atoms with Gasteiger partial charge in [0.1, 0.15) is 10.8 Å². The highest BCUT2D eigenvalue weighted by molar-refractivity contribution is 7.09. The Morgan fingerprint density at radius 2 is 2.05 bits per heavy atom. The van der Waals surface area contributed by atoms with Crippen LogP contribution in [0.5, 0.6) is 5.75 Å². The number of rotatable bonds is 6. The van der Waals surface area contributed by atoms with E-state index in [2.05, 4.69) is 10.3 Å². The van der Waals surface area contributed by atoms with Gasteiger partial charge in [-0.05, 0) is 25.0 Å². The fourth-order valence-corrected chi connectivity index (χ4v) is 3.79. The number of aromatic nitrogens is 1. The number of hydrogen-bond acceptors (Lipinski definition) is 4. The maximum absolute atomic E-state index is 12.3. The Kier molecular flexibility index (Phi) is 4.73. The monoisotopic (exact) mass is 316 g/mol. The van der Waals surface area contributed by atoms with E-state index in [1.165, 1.54) is 0 Å². The van der Waals surface area contributed by atoms with Gasteiger partial charge >= 0.3 is 0 Å². The van der Waals surface area contributed by atoms with Crippen LogP contribution in [0.25, 0.3) is 0 Å². The third-order valence-electron chi connectivity index (χ3n) is 4.02. The molecule has 2 aromatic rings. The smallest absolute Gasteiger partial charge is 0.224 e. The molecule has 0 saturated heterocycles. The van der Waals surface area contributed by atoms with Crippen molar-refractivity contribution < 1.29 is 9.53 Å². The minimum absolute atomic E-state index is 0.0352. The zero-order chi connectivity index (χ0) is 15.3. The molecular formula is C17H20N2O2S. The van der Waals surface area contributed by atoms with E-state index in [-0.39, 0.29) is 11.4 Å². The summed E-state index contributed by atoms with van der Waals surface area (Å²) in [4.78, 5) is 16.7. The summed E-state index contributed by atoms with van der Waals surface area (Å²) in [5.74, 6) is 0.832. The van der Waals surface area contributed by atoms with Crippen molar-refractivity contribution in [2.45, 2.75) is 37.6 Å². The Hall–Kier alpha value is -1.88. The third kappa shape index (κ3) is 3.47. The van der Waals surface area contributed by atoms with Crippen LogP contribution in [-0.4, -0.2) is 17.5 Å². The average molecular weight is 316 g/mol. The van der Waals surface area contributed by atoms with Crippen molar-refractivity contribution in [1.82, 2.24) is 10.3 Å². The molecule has 1 aromatic carbocycles. The van der Waals surface area contributed by atoms with Gasteiger partial charge < -0.3 is 10.1 Å². The molecule has 3 rings (SSSR count). The quantitative estimate of drug-likeness (QED) is 0.887. The number of carbonyl (C=O) groups excluding carboxylic acids is 1. The van der Waals surface area contributed by atoms with Crippen LogP contribution in [0.2, 0.25) is 0 Å². The first-order valence-corrected chi connectivity index (χ1v) is 8.55. The standard InChI is InChI=1S/C17H20N2O2S/c20-15(8-12-21-14-6-2-1-3-7-14)19-17(9-4-5-10-17)16-18-11-13-22-16/h1-3,6-7,11,13H,4-5,8-10,12H2,(H,19,20). The number of hydrogen-bond donors (Lipinski definition) is 1. The van der Waals surface area contributed by atoms with Gasteiger partial charge in [0, 0.05) is 11.6 Å². The molecule has 1 N–H and O–H groups in total. The Morgan fingerprint density at radius 3 is 2.73 bits per heavy atom. The summed E-state index contributed by atoms with van der Waals surface area (Å²) < 4.78 is 5.59. The molecule has 0 bridgehead atoms. The van der Waals surface area contributed by atoms with E-state index in [0.717, 1.165) is 36.4 Å². The number of carbonyl (C=O) groups is 1. The van der Waals surface area contributed by atoms with Crippen molar-refractivity contribution >= 4 is 17.2 Å². The largest absolute Gasteiger partial charge is 0.493 e. The highest BCUT2D eigenvalue weighted by Crippen LogP contribution is 2.39. The summed E-state index contributed by atoms with van der Waals surface area (Å²) in [7, 11) is 0. The molecule has 0 spiro atoms. The number of nitrogens with one attached hydrogen (secondary N) is 1. The van der Waals surface area contributed by atoms with Crippen molar-refractivity contribution in [2.75, 3.05) is 6.61 Å². The van der Waals surface area contributed by atoms with Crippen LogP contribution >= 0.6 is 11.3 Å². The van der Waals surface area contributed by atoms with Gasteiger partial charge in [-0.1, -0.05) is 31.0 Å². The molecule has 22 heavy (non-hydrogen) atoms. The molecular weight excluding hydrogens is 296 g/mol. The molecule has 1 heterocycles. The average Bonchev–Trinajstić information content (AvgIpc) is 3.20. The van der Waals surface area contributed by atoms with Crippen molar-refractivity contribution in [3.8, 4) is 5.75 Å². The Morgan fingerprint density at radius 1 is 1.27 bits per heavy atom. The molecule has 0 radical (unpaired) electrons. The van der Waals surface area contributed by atoms with E-state index in [1.54, 1.807) is 11.3 Å². The molecule has 1 aromatic heterocycles. The van der Waals surface area contributed by atoms with Gasteiger partial charge in [-0.15, -0.1) is 11.3 Å². The van der Waals surface area contributed by atoms with Crippen molar-refractivity contribution in [3.63, 3.8) is 0 Å². The number of para-hydroxylation sites is 1. The number of benzene rings is 1. The van der Waals surface area contributed by atoms with Crippen LogP contribution < -0.4 is 10.1 Å². The molecule has 0 atom stereocenters. The molecule has 1 amide bonds. The van der Waals surface area contributed by atoms with Gasteiger partial charge in [0.25, 0.3) is 0 Å². The van der Waals surface area contributed by atoms with Crippen LogP contribution in [0.15, 0.2) is 41.9 Å². The SMILES string of the molecule is O=C(CCOc1ccccc1)NC1(c2nccs2)CCCC1. The predicted octanol–water partition coefficient (Wildman–Crippen LogP) is 3.50. The van der Waals surface area contributed by atoms with E-state index in [9.17, 15) is 4.79 Å². The maximum atomic E-state index is 12.3. The predicted molar refractivity (Wildman–Crippen MR) is 87.0 cm³/mol. The lowest BCUT2D eigenvalue weighted by atomic mass is 9.98. The Bertz CT molecular complexity index is 592. The highest BCUT2D eigenvalue weighted by atomic mass is 32.1. The zero-order valence-corrected chi connectivity index (χ0v) is 13.3. The molecule has 5 heteroatoms. The number of nitrogens with zero attached hydrogens (tertiary/aromatic N) is 1. The minimum Gasteiger partial charge on any atom is -0.493 e. The van der Waals surface area contributed by atoms with Gasteiger partial charge in [0.05, 0.1) is 18.6 Å². The second-order valence-electron chi connectivity index (χ2n) is 5.59. The van der Waals surface area contributed by atoms with Gasteiger partial charge in [0.2, 0.25) is 5.91 Å². The number of amides is 1. The van der Waals surface area contributed by atoms with Crippen LogP contribution in [0.4, 0.5) is 0 Å².